The molecule has 1 aliphatic heterocycles. The van der Waals surface area contributed by atoms with E-state index >= 15 is 0 Å². The van der Waals surface area contributed by atoms with Crippen molar-refractivity contribution in [2.75, 3.05) is 17.7 Å². The van der Waals surface area contributed by atoms with E-state index in [2.05, 4.69) is 21.1 Å². The lowest BCUT2D eigenvalue weighted by molar-refractivity contribution is -0.279. The number of aromatic nitrogens is 3. The Labute approximate surface area is 165 Å². The van der Waals surface area contributed by atoms with Crippen LogP contribution in [0, 0.1) is 13.1 Å². The van der Waals surface area contributed by atoms with Crippen LogP contribution in [0.5, 0.6) is 0 Å². The number of hydrogen-bond donors (Lipinski definition) is 1. The van der Waals surface area contributed by atoms with Gasteiger partial charge in [0.05, 0.1) is 34.2 Å². The van der Waals surface area contributed by atoms with E-state index in [1.54, 1.807) is 0 Å². The number of aliphatic hydroxyl groups is 1. The van der Waals surface area contributed by atoms with Crippen molar-refractivity contribution in [3.63, 3.8) is 0 Å². The molecule has 1 aliphatic carbocycles. The molecule has 2 aromatic rings. The van der Waals surface area contributed by atoms with Crippen molar-refractivity contribution < 1.29 is 26.7 Å². The van der Waals surface area contributed by atoms with Crippen LogP contribution in [-0.2, 0) is 9.84 Å². The molecule has 3 heterocycles. The Morgan fingerprint density at radius 1 is 1.31 bits per heavy atom. The minimum Gasteiger partial charge on any atom is -0.363 e. The second-order valence-corrected chi connectivity index (χ2v) is 9.41. The Hall–Kier alpha value is -2.27. The molecule has 1 radical (unpaired) electrons. The highest BCUT2D eigenvalue weighted by Crippen LogP contribution is 2.46. The van der Waals surface area contributed by atoms with Gasteiger partial charge < -0.3 is 10.0 Å². The van der Waals surface area contributed by atoms with Gasteiger partial charge in [-0.25, -0.2) is 18.4 Å². The zero-order chi connectivity index (χ0) is 21.2. The van der Waals surface area contributed by atoms with Crippen LogP contribution in [0.25, 0.3) is 11.4 Å². The number of anilines is 1. The summed E-state index contributed by atoms with van der Waals surface area (Å²) in [5.74, 6) is 0.113. The number of pyridine rings is 1. The predicted molar refractivity (Wildman–Crippen MR) is 96.9 cm³/mol. The molecular formula is C18H18F3N4O3S. The average molecular weight is 427 g/mol. The summed E-state index contributed by atoms with van der Waals surface area (Å²) in [7, 11) is -3.64. The Bertz CT molecular complexity index is 1090. The maximum atomic E-state index is 13.2. The summed E-state index contributed by atoms with van der Waals surface area (Å²) in [6.45, 7) is 1.49. The van der Waals surface area contributed by atoms with E-state index in [4.69, 9.17) is 0 Å². The Morgan fingerprint density at radius 2 is 2.00 bits per heavy atom. The van der Waals surface area contributed by atoms with E-state index in [9.17, 15) is 26.7 Å². The van der Waals surface area contributed by atoms with Crippen molar-refractivity contribution in [3.05, 3.63) is 29.8 Å². The van der Waals surface area contributed by atoms with Crippen molar-refractivity contribution in [3.8, 4) is 11.4 Å². The SMILES string of the molecule is Cc1nc(-c2cn[c]c(C3CC3)c2S(C)(=O)=O)ncc1N1CCC1(O)C(F)(F)F. The minimum absolute atomic E-state index is 0.00181. The minimum atomic E-state index is -4.82. The van der Waals surface area contributed by atoms with Crippen LogP contribution >= 0.6 is 0 Å². The molecule has 7 nitrogen and oxygen atoms in total. The van der Waals surface area contributed by atoms with Crippen LogP contribution in [0.1, 0.15) is 36.4 Å². The quantitative estimate of drug-likeness (QED) is 0.800. The first-order valence-electron chi connectivity index (χ1n) is 8.95. The third-order valence-corrected chi connectivity index (χ3v) is 6.48. The molecule has 1 atom stereocenters. The Balaban J connectivity index is 1.78. The maximum Gasteiger partial charge on any atom is 0.436 e. The van der Waals surface area contributed by atoms with Gasteiger partial charge in [0, 0.05) is 31.0 Å². The lowest BCUT2D eigenvalue weighted by Gasteiger charge is -2.50. The lowest BCUT2D eigenvalue weighted by Crippen LogP contribution is -2.68. The van der Waals surface area contributed by atoms with Gasteiger partial charge in [0.2, 0.25) is 5.72 Å². The van der Waals surface area contributed by atoms with Crippen LogP contribution < -0.4 is 4.90 Å². The number of nitrogens with zero attached hydrogens (tertiary/aromatic N) is 4. The summed E-state index contributed by atoms with van der Waals surface area (Å²) in [6, 6.07) is 0. The Kier molecular flexibility index (Phi) is 4.39. The van der Waals surface area contributed by atoms with Crippen molar-refractivity contribution in [2.45, 2.75) is 48.9 Å². The normalized spacial score (nSPS) is 22.5. The van der Waals surface area contributed by atoms with Crippen molar-refractivity contribution in [1.29, 1.82) is 0 Å². The first-order chi connectivity index (χ1) is 13.4. The van der Waals surface area contributed by atoms with E-state index in [-0.39, 0.29) is 40.1 Å². The first kappa shape index (κ1) is 20.0. The Morgan fingerprint density at radius 3 is 2.48 bits per heavy atom. The highest BCUT2D eigenvalue weighted by molar-refractivity contribution is 7.90. The molecule has 1 saturated carbocycles. The average Bonchev–Trinajstić information content (AvgIpc) is 3.44. The number of hydrogen-bond acceptors (Lipinski definition) is 7. The predicted octanol–water partition coefficient (Wildman–Crippen LogP) is 2.39. The number of halogens is 3. The zero-order valence-corrected chi connectivity index (χ0v) is 16.5. The van der Waals surface area contributed by atoms with Crippen LogP contribution in [-0.4, -0.2) is 53.2 Å². The third-order valence-electron chi connectivity index (χ3n) is 5.29. The summed E-state index contributed by atoms with van der Waals surface area (Å²) in [5, 5.41) is 9.98. The molecule has 1 saturated heterocycles. The lowest BCUT2D eigenvalue weighted by atomic mass is 9.96. The fourth-order valence-electron chi connectivity index (χ4n) is 3.53. The molecule has 0 amide bonds. The molecule has 155 valence electrons. The number of alkyl halides is 3. The molecule has 0 bridgehead atoms. The van der Waals surface area contributed by atoms with Crippen molar-refractivity contribution >= 4 is 15.5 Å². The molecule has 2 aliphatic rings. The van der Waals surface area contributed by atoms with E-state index in [1.807, 2.05) is 0 Å². The molecular weight excluding hydrogens is 409 g/mol. The molecule has 4 rings (SSSR count). The summed E-state index contributed by atoms with van der Waals surface area (Å²) in [4.78, 5) is 13.2. The molecule has 0 aromatic carbocycles. The fourth-order valence-corrected chi connectivity index (χ4v) is 4.69. The van der Waals surface area contributed by atoms with Gasteiger partial charge in [-0.05, 0) is 25.7 Å². The molecule has 29 heavy (non-hydrogen) atoms. The van der Waals surface area contributed by atoms with Gasteiger partial charge in [-0.1, -0.05) is 0 Å². The highest BCUT2D eigenvalue weighted by atomic mass is 32.2. The van der Waals surface area contributed by atoms with Crippen molar-refractivity contribution in [1.82, 2.24) is 15.0 Å². The van der Waals surface area contributed by atoms with Gasteiger partial charge in [0.1, 0.15) is 0 Å². The smallest absolute Gasteiger partial charge is 0.363 e. The van der Waals surface area contributed by atoms with Crippen LogP contribution in [0.15, 0.2) is 17.3 Å². The summed E-state index contributed by atoms with van der Waals surface area (Å²) >= 11 is 0. The number of rotatable bonds is 4. The molecule has 2 aromatic heterocycles. The van der Waals surface area contributed by atoms with Gasteiger partial charge in [-0.15, -0.1) is 0 Å². The topological polar surface area (TPSA) is 96.3 Å². The van der Waals surface area contributed by atoms with Crippen LogP contribution in [0.2, 0.25) is 0 Å². The summed E-state index contributed by atoms with van der Waals surface area (Å²) in [6.07, 6.45) is 2.72. The van der Waals surface area contributed by atoms with Gasteiger partial charge in [0.25, 0.3) is 0 Å². The summed E-state index contributed by atoms with van der Waals surface area (Å²) < 4.78 is 64.4. The second kappa shape index (κ2) is 6.36. The van der Waals surface area contributed by atoms with E-state index in [1.165, 1.54) is 19.3 Å². The molecule has 1 unspecified atom stereocenters. The van der Waals surface area contributed by atoms with E-state index < -0.39 is 28.2 Å². The standard InChI is InChI=1S/C18H18F3N4O3S/c1-10-14(25-6-5-17(25,26)18(19,20)21)9-23-16(24-10)13-8-22-7-12(11-3-4-11)15(13)29(2,27)28/h8-9,11,26H,3-6H2,1-2H3. The molecule has 11 heteroatoms. The van der Waals surface area contributed by atoms with E-state index in [0.29, 0.717) is 5.56 Å². The molecule has 1 N–H and O–H groups in total. The monoisotopic (exact) mass is 427 g/mol. The number of sulfone groups is 1. The highest BCUT2D eigenvalue weighted by Gasteiger charge is 2.63. The van der Waals surface area contributed by atoms with Crippen molar-refractivity contribution in [2.24, 2.45) is 0 Å². The fraction of sp³-hybridized carbons (Fsp3) is 0.500. The van der Waals surface area contributed by atoms with E-state index in [0.717, 1.165) is 24.0 Å². The molecule has 2 fully saturated rings. The van der Waals surface area contributed by atoms with Gasteiger partial charge in [-0.3, -0.25) is 4.98 Å². The molecule has 0 spiro atoms. The third kappa shape index (κ3) is 3.25. The first-order valence-corrected chi connectivity index (χ1v) is 10.8. The maximum absolute atomic E-state index is 13.2. The van der Waals surface area contributed by atoms with Gasteiger partial charge >= 0.3 is 6.18 Å². The van der Waals surface area contributed by atoms with Gasteiger partial charge in [-0.2, -0.15) is 13.2 Å². The van der Waals surface area contributed by atoms with Crippen LogP contribution in [0.4, 0.5) is 18.9 Å². The zero-order valence-electron chi connectivity index (χ0n) is 15.7. The van der Waals surface area contributed by atoms with Crippen LogP contribution in [0.3, 0.4) is 0 Å². The number of aryl methyl sites for hydroxylation is 1. The summed E-state index contributed by atoms with van der Waals surface area (Å²) in [5.41, 5.74) is -2.04. The van der Waals surface area contributed by atoms with Gasteiger partial charge in [0.15, 0.2) is 15.7 Å². The second-order valence-electron chi connectivity index (χ2n) is 7.45. The largest absolute Gasteiger partial charge is 0.436 e.